The first-order valence-corrected chi connectivity index (χ1v) is 5.64. The lowest BCUT2D eigenvalue weighted by molar-refractivity contribution is -0.743. The van der Waals surface area contributed by atoms with Crippen molar-refractivity contribution in [3.8, 4) is 0 Å². The van der Waals surface area contributed by atoms with Gasteiger partial charge in [-0.2, -0.15) is 4.57 Å². The highest BCUT2D eigenvalue weighted by Crippen LogP contribution is 2.17. The molecule has 0 aliphatic rings. The number of carbonyl (C=O) groups is 1. The number of carboxylic acid groups (broad SMARTS) is 1. The minimum absolute atomic E-state index is 0.516. The molecule has 1 aromatic rings. The highest BCUT2D eigenvalue weighted by Gasteiger charge is 2.37. The first-order chi connectivity index (χ1) is 7.39. The molecule has 0 bridgehead atoms. The maximum atomic E-state index is 11.1. The summed E-state index contributed by atoms with van der Waals surface area (Å²) in [5.74, 6) is -0.309. The first-order valence-electron chi connectivity index (χ1n) is 5.64. The highest BCUT2D eigenvalue weighted by atomic mass is 16.4. The molecule has 0 amide bonds. The van der Waals surface area contributed by atoms with Crippen molar-refractivity contribution in [1.29, 1.82) is 0 Å². The largest absolute Gasteiger partial charge is 0.476 e. The molecule has 0 aliphatic heterocycles. The van der Waals surface area contributed by atoms with E-state index < -0.39 is 11.5 Å². The van der Waals surface area contributed by atoms with Gasteiger partial charge >= 0.3 is 5.97 Å². The van der Waals surface area contributed by atoms with Gasteiger partial charge in [-0.25, -0.2) is 4.79 Å². The summed E-state index contributed by atoms with van der Waals surface area (Å²) in [5, 5.41) is 9.10. The third-order valence-electron chi connectivity index (χ3n) is 3.21. The van der Waals surface area contributed by atoms with Crippen LogP contribution in [-0.4, -0.2) is 11.1 Å². The monoisotopic (exact) mass is 222 g/mol. The van der Waals surface area contributed by atoms with E-state index >= 15 is 0 Å². The third kappa shape index (κ3) is 2.40. The minimum Gasteiger partial charge on any atom is -0.476 e. The summed E-state index contributed by atoms with van der Waals surface area (Å²) in [4.78, 5) is 11.1. The number of aliphatic carboxylic acids is 1. The number of nitrogens with zero attached hydrogens (tertiary/aromatic N) is 1. The maximum absolute atomic E-state index is 11.1. The number of hydrogen-bond donors (Lipinski definition) is 1. The van der Waals surface area contributed by atoms with Crippen molar-refractivity contribution in [2.75, 3.05) is 0 Å². The SMILES string of the molecule is CCC(C)c1cc[n+](C(C)(C)C(=O)O)cc1. The maximum Gasteiger partial charge on any atom is 0.376 e. The molecule has 1 N–H and O–H groups in total. The van der Waals surface area contributed by atoms with Gasteiger partial charge in [-0.1, -0.05) is 13.8 Å². The quantitative estimate of drug-likeness (QED) is 0.794. The number of hydrogen-bond acceptors (Lipinski definition) is 1. The van der Waals surface area contributed by atoms with E-state index in [1.54, 1.807) is 18.4 Å². The van der Waals surface area contributed by atoms with Crippen LogP contribution < -0.4 is 4.57 Å². The van der Waals surface area contributed by atoms with Crippen molar-refractivity contribution in [3.05, 3.63) is 30.1 Å². The van der Waals surface area contributed by atoms with Crippen LogP contribution in [0.5, 0.6) is 0 Å². The van der Waals surface area contributed by atoms with Crippen LogP contribution in [0, 0.1) is 0 Å². The van der Waals surface area contributed by atoms with Crippen molar-refractivity contribution >= 4 is 5.97 Å². The molecule has 1 atom stereocenters. The van der Waals surface area contributed by atoms with Crippen molar-refractivity contribution in [2.24, 2.45) is 0 Å². The fourth-order valence-corrected chi connectivity index (χ4v) is 1.49. The molecule has 3 nitrogen and oxygen atoms in total. The van der Waals surface area contributed by atoms with Crippen LogP contribution in [0.4, 0.5) is 0 Å². The molecule has 3 heteroatoms. The second-order valence-corrected chi connectivity index (χ2v) is 4.71. The molecule has 0 radical (unpaired) electrons. The van der Waals surface area contributed by atoms with E-state index in [1.807, 2.05) is 24.5 Å². The van der Waals surface area contributed by atoms with Crippen LogP contribution in [-0.2, 0) is 10.3 Å². The Bertz CT molecular complexity index is 368. The summed E-state index contributed by atoms with van der Waals surface area (Å²) in [5.41, 5.74) is 0.355. The smallest absolute Gasteiger partial charge is 0.376 e. The van der Waals surface area contributed by atoms with E-state index in [9.17, 15) is 4.79 Å². The molecule has 16 heavy (non-hydrogen) atoms. The molecule has 0 spiro atoms. The fourth-order valence-electron chi connectivity index (χ4n) is 1.49. The van der Waals surface area contributed by atoms with Crippen LogP contribution in [0.1, 0.15) is 45.6 Å². The molecular weight excluding hydrogens is 202 g/mol. The van der Waals surface area contributed by atoms with Crippen molar-refractivity contribution in [2.45, 2.75) is 45.6 Å². The Labute approximate surface area is 96.7 Å². The zero-order chi connectivity index (χ0) is 12.3. The van der Waals surface area contributed by atoms with Crippen LogP contribution in [0.2, 0.25) is 0 Å². The van der Waals surface area contributed by atoms with Crippen LogP contribution in [0.3, 0.4) is 0 Å². The molecule has 0 fully saturated rings. The minimum atomic E-state index is -0.895. The standard InChI is InChI=1S/C13H19NO2/c1-5-10(2)11-6-8-14(9-7-11)13(3,4)12(15)16/h6-10H,5H2,1-4H3/p+1. The second-order valence-electron chi connectivity index (χ2n) is 4.71. The number of pyridine rings is 1. The predicted molar refractivity (Wildman–Crippen MR) is 62.3 cm³/mol. The summed E-state index contributed by atoms with van der Waals surface area (Å²) >= 11 is 0. The molecule has 0 saturated carbocycles. The molecule has 1 unspecified atom stereocenters. The zero-order valence-corrected chi connectivity index (χ0v) is 10.4. The van der Waals surface area contributed by atoms with E-state index in [0.717, 1.165) is 6.42 Å². The topological polar surface area (TPSA) is 41.2 Å². The lowest BCUT2D eigenvalue weighted by atomic mass is 9.99. The summed E-state index contributed by atoms with van der Waals surface area (Å²) < 4.78 is 1.72. The number of rotatable bonds is 4. The Balaban J connectivity index is 2.99. The van der Waals surface area contributed by atoms with Crippen molar-refractivity contribution < 1.29 is 14.5 Å². The summed E-state index contributed by atoms with van der Waals surface area (Å²) in [7, 11) is 0. The van der Waals surface area contributed by atoms with Gasteiger partial charge in [0, 0.05) is 26.0 Å². The molecule has 88 valence electrons. The lowest BCUT2D eigenvalue weighted by Gasteiger charge is -2.14. The van der Waals surface area contributed by atoms with E-state index in [0.29, 0.717) is 5.92 Å². The van der Waals surface area contributed by atoms with E-state index in [-0.39, 0.29) is 0 Å². The normalized spacial score (nSPS) is 13.5. The third-order valence-corrected chi connectivity index (χ3v) is 3.21. The van der Waals surface area contributed by atoms with Gasteiger partial charge in [-0.3, -0.25) is 0 Å². The molecule has 0 saturated heterocycles. The number of aromatic nitrogens is 1. The summed E-state index contributed by atoms with van der Waals surface area (Å²) in [6.07, 6.45) is 4.78. The fraction of sp³-hybridized carbons (Fsp3) is 0.538. The predicted octanol–water partition coefficient (Wildman–Crippen LogP) is 2.31. The van der Waals surface area contributed by atoms with Gasteiger partial charge < -0.3 is 5.11 Å². The Morgan fingerprint density at radius 3 is 2.31 bits per heavy atom. The Morgan fingerprint density at radius 2 is 1.94 bits per heavy atom. The average Bonchev–Trinajstić information content (AvgIpc) is 2.28. The van der Waals surface area contributed by atoms with Crippen molar-refractivity contribution in [3.63, 3.8) is 0 Å². The molecule has 1 heterocycles. The molecule has 0 aromatic carbocycles. The second kappa shape index (κ2) is 4.64. The number of carboxylic acids is 1. The van der Waals surface area contributed by atoms with Gasteiger partial charge in [-0.15, -0.1) is 0 Å². The van der Waals surface area contributed by atoms with Crippen LogP contribution >= 0.6 is 0 Å². The van der Waals surface area contributed by atoms with Gasteiger partial charge in [0.05, 0.1) is 0 Å². The van der Waals surface area contributed by atoms with E-state index in [4.69, 9.17) is 5.11 Å². The van der Waals surface area contributed by atoms with Crippen molar-refractivity contribution in [1.82, 2.24) is 0 Å². The summed E-state index contributed by atoms with van der Waals surface area (Å²) in [6, 6.07) is 4.00. The molecule has 1 aromatic heterocycles. The van der Waals surface area contributed by atoms with E-state index in [2.05, 4.69) is 13.8 Å². The Kier molecular flexibility index (Phi) is 3.68. The summed E-state index contributed by atoms with van der Waals surface area (Å²) in [6.45, 7) is 7.70. The molecule has 0 aliphatic carbocycles. The molecule has 1 rings (SSSR count). The Hall–Kier alpha value is -1.38. The van der Waals surface area contributed by atoms with Crippen LogP contribution in [0.25, 0.3) is 0 Å². The highest BCUT2D eigenvalue weighted by molar-refractivity contribution is 5.73. The lowest BCUT2D eigenvalue weighted by Crippen LogP contribution is -2.56. The van der Waals surface area contributed by atoms with Gasteiger partial charge in [0.15, 0.2) is 12.4 Å². The van der Waals surface area contributed by atoms with Gasteiger partial charge in [0.2, 0.25) is 0 Å². The molecular formula is C13H20NO2+. The van der Waals surface area contributed by atoms with Gasteiger partial charge in [0.1, 0.15) is 0 Å². The van der Waals surface area contributed by atoms with Gasteiger partial charge in [0.25, 0.3) is 5.54 Å². The first kappa shape index (κ1) is 12.7. The van der Waals surface area contributed by atoms with Gasteiger partial charge in [-0.05, 0) is 17.9 Å². The Morgan fingerprint density at radius 1 is 1.44 bits per heavy atom. The zero-order valence-electron chi connectivity index (χ0n) is 10.4. The van der Waals surface area contributed by atoms with E-state index in [1.165, 1.54) is 5.56 Å². The van der Waals surface area contributed by atoms with Crippen LogP contribution in [0.15, 0.2) is 24.5 Å². The average molecular weight is 222 g/mol.